The maximum atomic E-state index is 8.25. The molecule has 0 aromatic heterocycles. The first-order valence-electron chi connectivity index (χ1n) is 0.548. The molecule has 0 aliphatic heterocycles. The zero-order valence-corrected chi connectivity index (χ0v) is 2.25. The summed E-state index contributed by atoms with van der Waals surface area (Å²) in [6.45, 7) is 0. The van der Waals surface area contributed by atoms with E-state index in [2.05, 4.69) is 0 Å². The highest BCUT2D eigenvalue weighted by molar-refractivity contribution is 4.03. The summed E-state index contributed by atoms with van der Waals surface area (Å²) in [6, 6.07) is 0. The maximum Gasteiger partial charge on any atom is 0.0689 e. The monoisotopic (exact) mass is 81.0 g/mol. The standard InChI is InChI=1S/NO3.H2O/c2-1(3)4;/h;1H2/q-1;/p+1. The van der Waals surface area contributed by atoms with E-state index in [-0.39, 0.29) is 5.48 Å². The van der Waals surface area contributed by atoms with Gasteiger partial charge in [-0.25, -0.2) is 0 Å². The van der Waals surface area contributed by atoms with Crippen molar-refractivity contribution in [3.05, 3.63) is 15.3 Å². The Kier molecular flexibility index (Phi) is 5.63. The molecule has 0 saturated heterocycles. The van der Waals surface area contributed by atoms with E-state index in [4.69, 9.17) is 15.3 Å². The average molecular weight is 81.0 g/mol. The van der Waals surface area contributed by atoms with E-state index < -0.39 is 5.09 Å². The number of rotatable bonds is 0. The fourth-order valence-electron chi connectivity index (χ4n) is 0. The summed E-state index contributed by atoms with van der Waals surface area (Å²) in [5.74, 6) is 0. The minimum Gasteiger partial charge on any atom is -0.457 e. The van der Waals surface area contributed by atoms with Gasteiger partial charge in [-0.2, -0.15) is 0 Å². The second kappa shape index (κ2) is 3.16. The molecule has 0 rings (SSSR count). The van der Waals surface area contributed by atoms with Crippen molar-refractivity contribution in [2.75, 3.05) is 0 Å². The third kappa shape index (κ3) is 6.03. The molecule has 0 heterocycles. The molecule has 0 aliphatic carbocycles. The van der Waals surface area contributed by atoms with Crippen molar-refractivity contribution in [2.45, 2.75) is 0 Å². The molecule has 3 N–H and O–H groups in total. The van der Waals surface area contributed by atoms with Crippen molar-refractivity contribution < 1.29 is 10.6 Å². The van der Waals surface area contributed by atoms with E-state index >= 15 is 0 Å². The molecule has 0 bridgehead atoms. The van der Waals surface area contributed by atoms with Gasteiger partial charge in [0.2, 0.25) is 0 Å². The van der Waals surface area contributed by atoms with Crippen LogP contribution in [-0.4, -0.2) is 5.09 Å². The summed E-state index contributed by atoms with van der Waals surface area (Å²) in [5, 5.41) is 14.8. The molecule has 5 nitrogen and oxygen atoms in total. The van der Waals surface area contributed by atoms with Crippen LogP contribution in [-0.2, 0) is 5.48 Å². The van der Waals surface area contributed by atoms with Gasteiger partial charge in [0.15, 0.2) is 0 Å². The minimum absolute atomic E-state index is 0. The molecule has 5 heavy (non-hydrogen) atoms. The number of hydrogen-bond donors (Lipinski definition) is 0. The number of nitrogens with zero attached hydrogens (tertiary/aromatic N) is 1. The van der Waals surface area contributed by atoms with Crippen molar-refractivity contribution in [1.29, 1.82) is 0 Å². The van der Waals surface area contributed by atoms with Crippen LogP contribution in [0.3, 0.4) is 0 Å². The van der Waals surface area contributed by atoms with Gasteiger partial charge in [-0.05, 0) is 0 Å². The van der Waals surface area contributed by atoms with Gasteiger partial charge in [-0.3, -0.25) is 0 Å². The SMILES string of the molecule is O=[N+]([O-])[O-].[OH3+]. The third-order valence-corrected chi connectivity index (χ3v) is 0. The lowest BCUT2D eigenvalue weighted by atomic mass is 13.1. The molecule has 5 heteroatoms. The van der Waals surface area contributed by atoms with E-state index in [1.807, 2.05) is 0 Å². The minimum atomic E-state index is -1.75. The fourth-order valence-corrected chi connectivity index (χ4v) is 0. The van der Waals surface area contributed by atoms with Crippen LogP contribution < -0.4 is 0 Å². The Labute approximate surface area is 27.3 Å². The van der Waals surface area contributed by atoms with Crippen LogP contribution in [0.25, 0.3) is 0 Å². The first-order valence-corrected chi connectivity index (χ1v) is 0.548. The van der Waals surface area contributed by atoms with Gasteiger partial charge in [0.1, 0.15) is 0 Å². The molecule has 0 unspecified atom stereocenters. The van der Waals surface area contributed by atoms with E-state index in [1.165, 1.54) is 0 Å². The van der Waals surface area contributed by atoms with Crippen LogP contribution in [0.4, 0.5) is 0 Å². The Hall–Kier alpha value is -0.840. The smallest absolute Gasteiger partial charge is 0.0689 e. The van der Waals surface area contributed by atoms with Crippen molar-refractivity contribution >= 4 is 0 Å². The second-order valence-electron chi connectivity index (χ2n) is 0.224. The van der Waals surface area contributed by atoms with Crippen molar-refractivity contribution in [3.63, 3.8) is 0 Å². The van der Waals surface area contributed by atoms with Crippen LogP contribution in [0.15, 0.2) is 0 Å². The normalized spacial score (nSPS) is 4.80. The van der Waals surface area contributed by atoms with Gasteiger partial charge in [0, 0.05) is 0 Å². The summed E-state index contributed by atoms with van der Waals surface area (Å²) in [7, 11) is 0. The predicted molar refractivity (Wildman–Crippen MR) is 15.2 cm³/mol. The quantitative estimate of drug-likeness (QED) is 0.209. The van der Waals surface area contributed by atoms with Gasteiger partial charge >= 0.3 is 0 Å². The topological polar surface area (TPSA) is 99.2 Å². The molecular formula is H3NO4. The first kappa shape index (κ1) is 8.90. The zero-order valence-electron chi connectivity index (χ0n) is 2.25. The van der Waals surface area contributed by atoms with Gasteiger partial charge in [-0.15, -0.1) is 0 Å². The summed E-state index contributed by atoms with van der Waals surface area (Å²) in [4.78, 5) is 8.25. The van der Waals surface area contributed by atoms with Crippen LogP contribution in [0.5, 0.6) is 0 Å². The Morgan fingerprint density at radius 3 is 1.40 bits per heavy atom. The molecule has 0 aromatic rings. The predicted octanol–water partition coefficient (Wildman–Crippen LogP) is -1.16. The van der Waals surface area contributed by atoms with Gasteiger partial charge < -0.3 is 20.8 Å². The molecule has 0 aliphatic rings. The van der Waals surface area contributed by atoms with Crippen LogP contribution in [0, 0.1) is 15.3 Å². The molecule has 0 fully saturated rings. The van der Waals surface area contributed by atoms with Gasteiger partial charge in [0.25, 0.3) is 0 Å². The van der Waals surface area contributed by atoms with Crippen molar-refractivity contribution in [3.8, 4) is 0 Å². The van der Waals surface area contributed by atoms with Gasteiger partial charge in [-0.1, -0.05) is 0 Å². The molecular weight excluding hydrogens is 78.0 g/mol. The third-order valence-electron chi connectivity index (χ3n) is 0. The van der Waals surface area contributed by atoms with Crippen LogP contribution in [0.1, 0.15) is 0 Å². The lowest BCUT2D eigenvalue weighted by Crippen LogP contribution is -1.74. The molecule has 0 spiro atoms. The summed E-state index contributed by atoms with van der Waals surface area (Å²) >= 11 is 0. The highest BCUT2D eigenvalue weighted by atomic mass is 16.9. The Bertz CT molecular complexity index is 26.6. The van der Waals surface area contributed by atoms with Crippen LogP contribution in [0.2, 0.25) is 0 Å². The van der Waals surface area contributed by atoms with E-state index in [0.717, 1.165) is 0 Å². The number of hydrogen-bond acceptors (Lipinski definition) is 3. The van der Waals surface area contributed by atoms with E-state index in [1.54, 1.807) is 0 Å². The zero-order chi connectivity index (χ0) is 3.58. The van der Waals surface area contributed by atoms with Gasteiger partial charge in [0.05, 0.1) is 5.09 Å². The summed E-state index contributed by atoms with van der Waals surface area (Å²) < 4.78 is 0. The van der Waals surface area contributed by atoms with E-state index in [0.29, 0.717) is 0 Å². The average Bonchev–Trinajstić information content (AvgIpc) is 0.811. The molecule has 0 atom stereocenters. The van der Waals surface area contributed by atoms with Crippen molar-refractivity contribution in [2.24, 2.45) is 0 Å². The second-order valence-corrected chi connectivity index (χ2v) is 0.224. The Balaban J connectivity index is 0. The highest BCUT2D eigenvalue weighted by Crippen LogP contribution is 1.44. The lowest BCUT2D eigenvalue weighted by Gasteiger charge is -1.74. The molecule has 0 amide bonds. The molecule has 0 saturated carbocycles. The van der Waals surface area contributed by atoms with Crippen LogP contribution >= 0.6 is 0 Å². The summed E-state index contributed by atoms with van der Waals surface area (Å²) in [5.41, 5.74) is 0. The fraction of sp³-hybridized carbons (Fsp3) is 0. The van der Waals surface area contributed by atoms with E-state index in [9.17, 15) is 0 Å². The molecule has 32 valence electrons. The maximum absolute atomic E-state index is 8.25. The molecule has 0 radical (unpaired) electrons. The largest absolute Gasteiger partial charge is 0.457 e. The lowest BCUT2D eigenvalue weighted by molar-refractivity contribution is -0.402. The Morgan fingerprint density at radius 1 is 1.40 bits per heavy atom. The van der Waals surface area contributed by atoms with Crippen molar-refractivity contribution in [1.82, 2.24) is 0 Å². The Morgan fingerprint density at radius 2 is 1.40 bits per heavy atom. The highest BCUT2D eigenvalue weighted by Gasteiger charge is 1.45. The molecule has 0 aromatic carbocycles. The first-order chi connectivity index (χ1) is 1.73. The summed E-state index contributed by atoms with van der Waals surface area (Å²) in [6.07, 6.45) is 0.